The van der Waals surface area contributed by atoms with Gasteiger partial charge in [0.1, 0.15) is 0 Å². The van der Waals surface area contributed by atoms with Crippen molar-refractivity contribution in [1.82, 2.24) is 0 Å². The van der Waals surface area contributed by atoms with E-state index in [1.807, 2.05) is 0 Å². The van der Waals surface area contributed by atoms with Crippen LogP contribution in [0, 0.1) is 10.1 Å². The van der Waals surface area contributed by atoms with Crippen LogP contribution in [-0.2, 0) is 10.3 Å². The molecule has 2 N–H and O–H groups in total. The Kier molecular flexibility index (Phi) is 3.89. The first-order chi connectivity index (χ1) is 9.93. The Morgan fingerprint density at radius 1 is 1.14 bits per heavy atom. The van der Waals surface area contributed by atoms with Crippen LogP contribution in [0.5, 0.6) is 0 Å². The number of rotatable bonds is 5. The maximum absolute atomic E-state index is 11.6. The van der Waals surface area contributed by atoms with Crippen molar-refractivity contribution >= 4 is 17.3 Å². The molecule has 1 unspecified atom stereocenters. The molecule has 1 atom stereocenters. The van der Waals surface area contributed by atoms with E-state index in [-0.39, 0.29) is 5.69 Å². The second kappa shape index (κ2) is 5.62. The fraction of sp³-hybridized carbons (Fsp3) is 0.133. The molecule has 2 rings (SSSR count). The van der Waals surface area contributed by atoms with Crippen molar-refractivity contribution in [1.29, 1.82) is 0 Å². The number of carboxylic acids is 1. The van der Waals surface area contributed by atoms with E-state index < -0.39 is 16.4 Å². The van der Waals surface area contributed by atoms with Gasteiger partial charge in [0.05, 0.1) is 4.92 Å². The maximum atomic E-state index is 11.6. The lowest BCUT2D eigenvalue weighted by Gasteiger charge is -2.28. The van der Waals surface area contributed by atoms with Crippen LogP contribution >= 0.6 is 0 Å². The zero-order valence-corrected chi connectivity index (χ0v) is 11.3. The first kappa shape index (κ1) is 14.5. The standard InChI is InChI=1S/C15H14N2O4/c1-15(14(18)19,11-5-3-2-4-6-11)16-12-7-9-13(10-8-12)17(20)21/h2-10,16H,1H3,(H,18,19). The number of carboxylic acid groups (broad SMARTS) is 1. The van der Waals surface area contributed by atoms with Crippen molar-refractivity contribution in [2.75, 3.05) is 5.32 Å². The maximum Gasteiger partial charge on any atom is 0.333 e. The van der Waals surface area contributed by atoms with Crippen LogP contribution in [0.15, 0.2) is 54.6 Å². The minimum atomic E-state index is -1.32. The van der Waals surface area contributed by atoms with E-state index >= 15 is 0 Å². The Labute approximate surface area is 121 Å². The minimum Gasteiger partial charge on any atom is -0.479 e. The van der Waals surface area contributed by atoms with Crippen molar-refractivity contribution in [2.45, 2.75) is 12.5 Å². The van der Waals surface area contributed by atoms with Gasteiger partial charge in [0, 0.05) is 17.8 Å². The SMILES string of the molecule is CC(Nc1ccc([N+](=O)[O-])cc1)(C(=O)O)c1ccccc1. The molecule has 6 heteroatoms. The molecule has 0 amide bonds. The van der Waals surface area contributed by atoms with Gasteiger partial charge in [-0.3, -0.25) is 10.1 Å². The van der Waals surface area contributed by atoms with Crippen LogP contribution in [0.3, 0.4) is 0 Å². The van der Waals surface area contributed by atoms with Gasteiger partial charge in [-0.15, -0.1) is 0 Å². The van der Waals surface area contributed by atoms with Crippen LogP contribution in [-0.4, -0.2) is 16.0 Å². The third-order valence-electron chi connectivity index (χ3n) is 3.25. The van der Waals surface area contributed by atoms with Gasteiger partial charge >= 0.3 is 5.97 Å². The van der Waals surface area contributed by atoms with Crippen LogP contribution in [0.25, 0.3) is 0 Å². The number of benzene rings is 2. The molecule has 2 aromatic carbocycles. The van der Waals surface area contributed by atoms with Gasteiger partial charge in [-0.25, -0.2) is 4.79 Å². The zero-order valence-electron chi connectivity index (χ0n) is 11.3. The molecule has 6 nitrogen and oxygen atoms in total. The summed E-state index contributed by atoms with van der Waals surface area (Å²) in [4.78, 5) is 21.7. The molecule has 0 heterocycles. The fourth-order valence-electron chi connectivity index (χ4n) is 1.98. The Morgan fingerprint density at radius 3 is 2.19 bits per heavy atom. The van der Waals surface area contributed by atoms with Gasteiger partial charge < -0.3 is 10.4 Å². The first-order valence-electron chi connectivity index (χ1n) is 6.25. The number of nitro benzene ring substituents is 1. The number of hydrogen-bond acceptors (Lipinski definition) is 4. The van der Waals surface area contributed by atoms with E-state index in [0.29, 0.717) is 11.3 Å². The summed E-state index contributed by atoms with van der Waals surface area (Å²) in [5.41, 5.74) is -0.278. The van der Waals surface area contributed by atoms with E-state index in [1.165, 1.54) is 24.3 Å². The van der Waals surface area contributed by atoms with Gasteiger partial charge in [0.25, 0.3) is 5.69 Å². The van der Waals surface area contributed by atoms with E-state index in [0.717, 1.165) is 0 Å². The molecule has 0 aliphatic rings. The molecule has 0 aliphatic carbocycles. The number of hydrogen-bond donors (Lipinski definition) is 2. The molecule has 0 saturated heterocycles. The third kappa shape index (κ3) is 3.00. The molecule has 0 spiro atoms. The van der Waals surface area contributed by atoms with Crippen LogP contribution in [0.2, 0.25) is 0 Å². The van der Waals surface area contributed by atoms with Gasteiger partial charge in [-0.2, -0.15) is 0 Å². The highest BCUT2D eigenvalue weighted by Crippen LogP contribution is 2.27. The average Bonchev–Trinajstić information content (AvgIpc) is 2.48. The fourth-order valence-corrected chi connectivity index (χ4v) is 1.98. The quantitative estimate of drug-likeness (QED) is 0.651. The Hall–Kier alpha value is -2.89. The zero-order chi connectivity index (χ0) is 15.5. The largest absolute Gasteiger partial charge is 0.479 e. The van der Waals surface area contributed by atoms with Crippen LogP contribution in [0.4, 0.5) is 11.4 Å². The lowest BCUT2D eigenvalue weighted by atomic mass is 9.91. The number of aliphatic carboxylic acids is 1. The highest BCUT2D eigenvalue weighted by atomic mass is 16.6. The minimum absolute atomic E-state index is 0.0442. The summed E-state index contributed by atoms with van der Waals surface area (Å²) in [7, 11) is 0. The summed E-state index contributed by atoms with van der Waals surface area (Å²) in [6.45, 7) is 1.55. The predicted octanol–water partition coefficient (Wildman–Crippen LogP) is 3.01. The molecule has 0 saturated carbocycles. The summed E-state index contributed by atoms with van der Waals surface area (Å²) in [6.07, 6.45) is 0. The highest BCUT2D eigenvalue weighted by Gasteiger charge is 2.35. The lowest BCUT2D eigenvalue weighted by molar-refractivity contribution is -0.384. The number of non-ortho nitro benzene ring substituents is 1. The molecule has 21 heavy (non-hydrogen) atoms. The van der Waals surface area contributed by atoms with Crippen molar-refractivity contribution in [2.24, 2.45) is 0 Å². The summed E-state index contributed by atoms with van der Waals surface area (Å²) < 4.78 is 0. The van der Waals surface area contributed by atoms with Crippen molar-refractivity contribution in [3.63, 3.8) is 0 Å². The van der Waals surface area contributed by atoms with Crippen molar-refractivity contribution in [3.8, 4) is 0 Å². The van der Waals surface area contributed by atoms with Crippen LogP contribution in [0.1, 0.15) is 12.5 Å². The molecule has 0 aliphatic heterocycles. The average molecular weight is 286 g/mol. The number of nitro groups is 1. The van der Waals surface area contributed by atoms with E-state index in [1.54, 1.807) is 37.3 Å². The summed E-state index contributed by atoms with van der Waals surface area (Å²) >= 11 is 0. The Balaban J connectivity index is 2.33. The number of carbonyl (C=O) groups is 1. The van der Waals surface area contributed by atoms with Gasteiger partial charge in [0.15, 0.2) is 5.54 Å². The normalized spacial score (nSPS) is 13.2. The van der Waals surface area contributed by atoms with Gasteiger partial charge in [0.2, 0.25) is 0 Å². The third-order valence-corrected chi connectivity index (χ3v) is 3.25. The van der Waals surface area contributed by atoms with E-state index in [2.05, 4.69) is 5.32 Å². The second-order valence-corrected chi connectivity index (χ2v) is 4.73. The van der Waals surface area contributed by atoms with Crippen molar-refractivity contribution < 1.29 is 14.8 Å². The predicted molar refractivity (Wildman–Crippen MR) is 78.1 cm³/mol. The first-order valence-corrected chi connectivity index (χ1v) is 6.25. The number of nitrogens with one attached hydrogen (secondary N) is 1. The van der Waals surface area contributed by atoms with Crippen LogP contribution < -0.4 is 5.32 Å². The van der Waals surface area contributed by atoms with Gasteiger partial charge in [-0.05, 0) is 24.6 Å². The van der Waals surface area contributed by atoms with Crippen molar-refractivity contribution in [3.05, 3.63) is 70.3 Å². The molecule has 2 aromatic rings. The number of nitrogens with zero attached hydrogens (tertiary/aromatic N) is 1. The molecule has 0 bridgehead atoms. The molecule has 0 fully saturated rings. The molecule has 108 valence electrons. The summed E-state index contributed by atoms with van der Waals surface area (Å²) in [5.74, 6) is -1.04. The van der Waals surface area contributed by atoms with E-state index in [9.17, 15) is 20.0 Å². The summed E-state index contributed by atoms with van der Waals surface area (Å²) in [6, 6.07) is 14.4. The summed E-state index contributed by atoms with van der Waals surface area (Å²) in [5, 5.41) is 23.1. The number of anilines is 1. The Bertz CT molecular complexity index is 655. The topological polar surface area (TPSA) is 92.5 Å². The molecular weight excluding hydrogens is 272 g/mol. The highest BCUT2D eigenvalue weighted by molar-refractivity contribution is 5.84. The van der Waals surface area contributed by atoms with E-state index in [4.69, 9.17) is 0 Å². The lowest BCUT2D eigenvalue weighted by Crippen LogP contribution is -2.40. The second-order valence-electron chi connectivity index (χ2n) is 4.73. The monoisotopic (exact) mass is 286 g/mol. The molecule has 0 radical (unpaired) electrons. The molecular formula is C15H14N2O4. The van der Waals surface area contributed by atoms with Gasteiger partial charge in [-0.1, -0.05) is 30.3 Å². The Morgan fingerprint density at radius 2 is 1.71 bits per heavy atom. The smallest absolute Gasteiger partial charge is 0.333 e. The molecule has 0 aromatic heterocycles.